The van der Waals surface area contributed by atoms with Crippen molar-refractivity contribution in [2.75, 3.05) is 13.1 Å². The number of rotatable bonds is 3. The first kappa shape index (κ1) is 17.9. The highest BCUT2D eigenvalue weighted by molar-refractivity contribution is 9.10. The molecule has 1 saturated heterocycles. The molecule has 27 heavy (non-hydrogen) atoms. The van der Waals surface area contributed by atoms with Gasteiger partial charge in [0.1, 0.15) is 0 Å². The van der Waals surface area contributed by atoms with Crippen LogP contribution in [0.1, 0.15) is 40.6 Å². The van der Waals surface area contributed by atoms with E-state index in [4.69, 9.17) is 4.52 Å². The quantitative estimate of drug-likeness (QED) is 0.602. The van der Waals surface area contributed by atoms with Gasteiger partial charge in [0.2, 0.25) is 11.7 Å². The number of hydrogen-bond donors (Lipinski definition) is 0. The highest BCUT2D eigenvalue weighted by Crippen LogP contribution is 2.28. The fraction of sp³-hybridized carbons (Fsp3) is 0.286. The summed E-state index contributed by atoms with van der Waals surface area (Å²) < 4.78 is 6.50. The van der Waals surface area contributed by atoms with Gasteiger partial charge in [-0.15, -0.1) is 0 Å². The van der Waals surface area contributed by atoms with Crippen LogP contribution in [0.5, 0.6) is 0 Å². The zero-order valence-electron chi connectivity index (χ0n) is 15.1. The normalized spacial score (nSPS) is 17.1. The maximum absolute atomic E-state index is 12.8. The van der Waals surface area contributed by atoms with E-state index < -0.39 is 0 Å². The molecule has 0 aliphatic carbocycles. The minimum Gasteiger partial charge on any atom is -0.339 e. The topological polar surface area (TPSA) is 59.2 Å². The zero-order chi connectivity index (χ0) is 18.8. The Kier molecular flexibility index (Phi) is 5.07. The number of aromatic nitrogens is 2. The molecule has 3 aromatic rings. The van der Waals surface area contributed by atoms with Crippen molar-refractivity contribution in [1.82, 2.24) is 15.0 Å². The van der Waals surface area contributed by atoms with Gasteiger partial charge in [-0.05, 0) is 44.0 Å². The number of hydrogen-bond acceptors (Lipinski definition) is 4. The molecule has 1 fully saturated rings. The number of piperidine rings is 1. The Hall–Kier alpha value is -2.47. The molecule has 4 rings (SSSR count). The molecule has 0 spiro atoms. The van der Waals surface area contributed by atoms with Crippen LogP contribution in [-0.2, 0) is 0 Å². The molecule has 6 heteroatoms. The SMILES string of the molecule is Cc1ccc(-c2noc(C3CCCN(C(=O)c4ccc(Br)cc4)C3)n2)cc1. The van der Waals surface area contributed by atoms with Crippen LogP contribution in [0.2, 0.25) is 0 Å². The van der Waals surface area contributed by atoms with Crippen molar-refractivity contribution in [1.29, 1.82) is 0 Å². The molecule has 138 valence electrons. The molecule has 0 radical (unpaired) electrons. The fourth-order valence-corrected chi connectivity index (χ4v) is 3.62. The molecule has 0 saturated carbocycles. The summed E-state index contributed by atoms with van der Waals surface area (Å²) in [5, 5.41) is 4.13. The monoisotopic (exact) mass is 425 g/mol. The Labute approximate surface area is 166 Å². The lowest BCUT2D eigenvalue weighted by molar-refractivity contribution is 0.0695. The Morgan fingerprint density at radius 3 is 2.63 bits per heavy atom. The number of likely N-dealkylation sites (tertiary alicyclic amines) is 1. The first-order valence-corrected chi connectivity index (χ1v) is 9.85. The summed E-state index contributed by atoms with van der Waals surface area (Å²) in [4.78, 5) is 19.3. The van der Waals surface area contributed by atoms with E-state index in [2.05, 4.69) is 26.1 Å². The molecule has 1 aliphatic rings. The van der Waals surface area contributed by atoms with Gasteiger partial charge in [-0.2, -0.15) is 4.98 Å². The van der Waals surface area contributed by atoms with Gasteiger partial charge in [-0.1, -0.05) is 50.9 Å². The van der Waals surface area contributed by atoms with Crippen molar-refractivity contribution in [3.63, 3.8) is 0 Å². The van der Waals surface area contributed by atoms with Gasteiger partial charge in [0.05, 0.1) is 5.92 Å². The Balaban J connectivity index is 1.49. The van der Waals surface area contributed by atoms with Gasteiger partial charge in [0.15, 0.2) is 0 Å². The molecule has 5 nitrogen and oxygen atoms in total. The van der Waals surface area contributed by atoms with E-state index in [0.29, 0.717) is 23.8 Å². The van der Waals surface area contributed by atoms with Gasteiger partial charge in [-0.3, -0.25) is 4.79 Å². The second-order valence-corrected chi connectivity index (χ2v) is 7.84. The van der Waals surface area contributed by atoms with Crippen molar-refractivity contribution in [2.45, 2.75) is 25.7 Å². The zero-order valence-corrected chi connectivity index (χ0v) is 16.6. The molecule has 1 amide bonds. The third-order valence-electron chi connectivity index (χ3n) is 4.90. The van der Waals surface area contributed by atoms with E-state index in [1.54, 1.807) is 0 Å². The summed E-state index contributed by atoms with van der Waals surface area (Å²) in [6, 6.07) is 15.5. The van der Waals surface area contributed by atoms with Crippen LogP contribution in [0.3, 0.4) is 0 Å². The molecule has 0 N–H and O–H groups in total. The van der Waals surface area contributed by atoms with Crippen LogP contribution in [0.4, 0.5) is 0 Å². The van der Waals surface area contributed by atoms with Crippen molar-refractivity contribution < 1.29 is 9.32 Å². The van der Waals surface area contributed by atoms with Crippen LogP contribution in [-0.4, -0.2) is 34.0 Å². The number of aryl methyl sites for hydroxylation is 1. The second-order valence-electron chi connectivity index (χ2n) is 6.92. The highest BCUT2D eigenvalue weighted by Gasteiger charge is 2.29. The lowest BCUT2D eigenvalue weighted by atomic mass is 9.97. The summed E-state index contributed by atoms with van der Waals surface area (Å²) >= 11 is 3.40. The van der Waals surface area contributed by atoms with Crippen molar-refractivity contribution >= 4 is 21.8 Å². The number of carbonyl (C=O) groups excluding carboxylic acids is 1. The van der Waals surface area contributed by atoms with Gasteiger partial charge in [0.25, 0.3) is 5.91 Å². The summed E-state index contributed by atoms with van der Waals surface area (Å²) in [6.45, 7) is 3.40. The maximum Gasteiger partial charge on any atom is 0.253 e. The minimum absolute atomic E-state index is 0.0467. The van der Waals surface area contributed by atoms with Crippen LogP contribution >= 0.6 is 15.9 Å². The predicted molar refractivity (Wildman–Crippen MR) is 106 cm³/mol. The Bertz CT molecular complexity index is 935. The summed E-state index contributed by atoms with van der Waals surface area (Å²) in [6.07, 6.45) is 1.87. The third kappa shape index (κ3) is 3.95. The third-order valence-corrected chi connectivity index (χ3v) is 5.43. The molecular formula is C21H20BrN3O2. The Morgan fingerprint density at radius 2 is 1.89 bits per heavy atom. The predicted octanol–water partition coefficient (Wildman–Crippen LogP) is 4.83. The molecule has 1 aromatic heterocycles. The molecular weight excluding hydrogens is 406 g/mol. The fourth-order valence-electron chi connectivity index (χ4n) is 3.36. The Morgan fingerprint density at radius 1 is 1.15 bits per heavy atom. The van der Waals surface area contributed by atoms with E-state index in [-0.39, 0.29) is 11.8 Å². The largest absolute Gasteiger partial charge is 0.339 e. The van der Waals surface area contributed by atoms with Crippen LogP contribution in [0.15, 0.2) is 57.5 Å². The molecule has 0 bridgehead atoms. The van der Waals surface area contributed by atoms with Crippen molar-refractivity contribution in [3.05, 3.63) is 70.0 Å². The second kappa shape index (κ2) is 7.64. The lowest BCUT2D eigenvalue weighted by Gasteiger charge is -2.31. The smallest absolute Gasteiger partial charge is 0.253 e. The number of halogens is 1. The van der Waals surface area contributed by atoms with E-state index in [1.165, 1.54) is 5.56 Å². The molecule has 1 unspecified atom stereocenters. The number of amides is 1. The van der Waals surface area contributed by atoms with Crippen LogP contribution in [0.25, 0.3) is 11.4 Å². The van der Waals surface area contributed by atoms with Gasteiger partial charge in [-0.25, -0.2) is 0 Å². The number of benzene rings is 2. The van der Waals surface area contributed by atoms with E-state index in [0.717, 1.165) is 29.4 Å². The van der Waals surface area contributed by atoms with Crippen LogP contribution < -0.4 is 0 Å². The van der Waals surface area contributed by atoms with Gasteiger partial charge in [0, 0.05) is 28.7 Å². The lowest BCUT2D eigenvalue weighted by Crippen LogP contribution is -2.39. The van der Waals surface area contributed by atoms with Crippen LogP contribution in [0, 0.1) is 6.92 Å². The van der Waals surface area contributed by atoms with Crippen molar-refractivity contribution in [3.8, 4) is 11.4 Å². The van der Waals surface area contributed by atoms with Crippen molar-refractivity contribution in [2.24, 2.45) is 0 Å². The highest BCUT2D eigenvalue weighted by atomic mass is 79.9. The number of carbonyl (C=O) groups is 1. The molecule has 1 atom stereocenters. The van der Waals surface area contributed by atoms with Gasteiger partial charge >= 0.3 is 0 Å². The summed E-state index contributed by atoms with van der Waals surface area (Å²) in [7, 11) is 0. The molecule has 2 heterocycles. The van der Waals surface area contributed by atoms with E-state index in [1.807, 2.05) is 60.4 Å². The maximum atomic E-state index is 12.8. The minimum atomic E-state index is 0.0467. The standard InChI is InChI=1S/C21H20BrN3O2/c1-14-4-6-15(7-5-14)19-23-20(27-24-19)17-3-2-12-25(13-17)21(26)16-8-10-18(22)11-9-16/h4-11,17H,2-3,12-13H2,1H3. The first-order chi connectivity index (χ1) is 13.1. The first-order valence-electron chi connectivity index (χ1n) is 9.05. The average Bonchev–Trinajstić information content (AvgIpc) is 3.19. The summed E-state index contributed by atoms with van der Waals surface area (Å²) in [5.41, 5.74) is 2.83. The summed E-state index contributed by atoms with van der Waals surface area (Å²) in [5.74, 6) is 1.33. The van der Waals surface area contributed by atoms with E-state index in [9.17, 15) is 4.79 Å². The molecule has 1 aliphatic heterocycles. The van der Waals surface area contributed by atoms with Gasteiger partial charge < -0.3 is 9.42 Å². The molecule has 2 aromatic carbocycles. The number of nitrogens with zero attached hydrogens (tertiary/aromatic N) is 3. The van der Waals surface area contributed by atoms with E-state index >= 15 is 0 Å². The average molecular weight is 426 g/mol.